The molecule has 0 aliphatic carbocycles. The Morgan fingerprint density at radius 1 is 1.11 bits per heavy atom. The van der Waals surface area contributed by atoms with Crippen LogP contribution < -0.4 is 16.8 Å². The van der Waals surface area contributed by atoms with Gasteiger partial charge in [-0.2, -0.15) is 0 Å². The smallest absolute Gasteiger partial charge is 0.278 e. The minimum absolute atomic E-state index is 0.0153. The number of hydrogen-bond donors (Lipinski definition) is 3. The number of nitrogens with two attached hydrogens (primary N) is 2. The van der Waals surface area contributed by atoms with Crippen LogP contribution >= 0.6 is 0 Å². The van der Waals surface area contributed by atoms with Crippen LogP contribution in [0.2, 0.25) is 0 Å². The first-order valence-electron chi connectivity index (χ1n) is 5.21. The van der Waals surface area contributed by atoms with Crippen LogP contribution in [0.5, 0.6) is 0 Å². The number of nitrogens with zero attached hydrogens (tertiary/aromatic N) is 3. The second-order valence-corrected chi connectivity index (χ2v) is 3.54. The molecule has 96 valence electrons. The van der Waals surface area contributed by atoms with Gasteiger partial charge in [-0.3, -0.25) is 9.59 Å². The Morgan fingerprint density at radius 3 is 2.42 bits per heavy atom. The molecule has 8 nitrogen and oxygen atoms in total. The molecule has 0 radical (unpaired) electrons. The van der Waals surface area contributed by atoms with Crippen LogP contribution in [0.25, 0.3) is 0 Å². The molecule has 2 heterocycles. The molecule has 0 unspecified atom stereocenters. The van der Waals surface area contributed by atoms with E-state index in [1.807, 2.05) is 0 Å². The second-order valence-electron chi connectivity index (χ2n) is 3.54. The van der Waals surface area contributed by atoms with Crippen molar-refractivity contribution in [2.75, 3.05) is 11.1 Å². The van der Waals surface area contributed by atoms with Crippen LogP contribution in [-0.2, 0) is 0 Å². The molecule has 0 aliphatic rings. The molecule has 0 saturated heterocycles. The highest BCUT2D eigenvalue weighted by Gasteiger charge is 2.12. The van der Waals surface area contributed by atoms with Crippen LogP contribution in [0, 0.1) is 0 Å². The molecule has 0 fully saturated rings. The number of rotatable bonds is 3. The number of hydrogen-bond acceptors (Lipinski definition) is 6. The zero-order valence-electron chi connectivity index (χ0n) is 9.70. The summed E-state index contributed by atoms with van der Waals surface area (Å²) in [5.41, 5.74) is 11.1. The molecule has 19 heavy (non-hydrogen) atoms. The fourth-order valence-corrected chi connectivity index (χ4v) is 1.33. The highest BCUT2D eigenvalue weighted by Crippen LogP contribution is 2.10. The van der Waals surface area contributed by atoms with Crippen LogP contribution in [0.1, 0.15) is 21.0 Å². The number of nitrogens with one attached hydrogen (secondary N) is 1. The Kier molecular flexibility index (Phi) is 3.33. The normalized spacial score (nSPS) is 9.89. The first kappa shape index (κ1) is 12.4. The van der Waals surface area contributed by atoms with Gasteiger partial charge in [0.25, 0.3) is 11.8 Å². The van der Waals surface area contributed by atoms with E-state index in [-0.39, 0.29) is 17.2 Å². The Balaban J connectivity index is 2.15. The second kappa shape index (κ2) is 5.08. The average Bonchev–Trinajstić information content (AvgIpc) is 2.39. The van der Waals surface area contributed by atoms with Gasteiger partial charge in [0, 0.05) is 12.4 Å². The van der Waals surface area contributed by atoms with Crippen molar-refractivity contribution in [3.8, 4) is 0 Å². The Morgan fingerprint density at radius 2 is 1.84 bits per heavy atom. The average molecular weight is 258 g/mol. The highest BCUT2D eigenvalue weighted by atomic mass is 16.2. The third-order valence-electron chi connectivity index (χ3n) is 2.22. The van der Waals surface area contributed by atoms with Gasteiger partial charge in [-0.25, -0.2) is 15.0 Å². The first-order valence-corrected chi connectivity index (χ1v) is 5.21. The number of pyridine rings is 1. The van der Waals surface area contributed by atoms with E-state index in [0.29, 0.717) is 5.69 Å². The standard InChI is InChI=1S/C11H10N6O2/c12-9-8(14-3-4-15-9)11(19)17-6-1-2-7(10(13)18)16-5-6/h1-5H,(H2,12,15)(H2,13,18)(H,17,19). The van der Waals surface area contributed by atoms with Crippen molar-refractivity contribution in [1.82, 2.24) is 15.0 Å². The number of amides is 2. The van der Waals surface area contributed by atoms with Crippen LogP contribution in [0.4, 0.5) is 11.5 Å². The summed E-state index contributed by atoms with van der Waals surface area (Å²) in [4.78, 5) is 34.1. The number of primary amides is 1. The van der Waals surface area contributed by atoms with Crippen molar-refractivity contribution in [3.05, 3.63) is 42.1 Å². The molecule has 0 aliphatic heterocycles. The summed E-state index contributed by atoms with van der Waals surface area (Å²) >= 11 is 0. The summed E-state index contributed by atoms with van der Waals surface area (Å²) in [7, 11) is 0. The molecule has 0 bridgehead atoms. The van der Waals surface area contributed by atoms with E-state index in [1.165, 1.54) is 30.7 Å². The quantitative estimate of drug-likeness (QED) is 0.697. The molecule has 2 rings (SSSR count). The molecule has 0 saturated carbocycles. The maximum atomic E-state index is 11.8. The van der Waals surface area contributed by atoms with Crippen LogP contribution in [0.3, 0.4) is 0 Å². The SMILES string of the molecule is NC(=O)c1ccc(NC(=O)c2nccnc2N)cn1. The van der Waals surface area contributed by atoms with E-state index in [2.05, 4.69) is 20.3 Å². The van der Waals surface area contributed by atoms with Crippen molar-refractivity contribution in [2.45, 2.75) is 0 Å². The summed E-state index contributed by atoms with van der Waals surface area (Å²) in [6, 6.07) is 2.90. The zero-order valence-corrected chi connectivity index (χ0v) is 9.70. The molecule has 2 aromatic rings. The van der Waals surface area contributed by atoms with Gasteiger partial charge in [0.15, 0.2) is 11.5 Å². The predicted molar refractivity (Wildman–Crippen MR) is 67.2 cm³/mol. The molecule has 2 aromatic heterocycles. The summed E-state index contributed by atoms with van der Waals surface area (Å²) in [5, 5.41) is 2.53. The Hall–Kier alpha value is -3.03. The lowest BCUT2D eigenvalue weighted by atomic mass is 10.3. The topological polar surface area (TPSA) is 137 Å². The lowest BCUT2D eigenvalue weighted by molar-refractivity contribution is 0.0994. The lowest BCUT2D eigenvalue weighted by Gasteiger charge is -2.05. The van der Waals surface area contributed by atoms with Gasteiger partial charge >= 0.3 is 0 Å². The van der Waals surface area contributed by atoms with Crippen molar-refractivity contribution in [3.63, 3.8) is 0 Å². The maximum Gasteiger partial charge on any atom is 0.278 e. The van der Waals surface area contributed by atoms with Crippen molar-refractivity contribution in [2.24, 2.45) is 5.73 Å². The third-order valence-corrected chi connectivity index (χ3v) is 2.22. The molecule has 0 atom stereocenters. The van der Waals surface area contributed by atoms with Gasteiger partial charge in [-0.15, -0.1) is 0 Å². The van der Waals surface area contributed by atoms with E-state index in [4.69, 9.17) is 11.5 Å². The number of anilines is 2. The van der Waals surface area contributed by atoms with Crippen LogP contribution in [0.15, 0.2) is 30.7 Å². The van der Waals surface area contributed by atoms with E-state index >= 15 is 0 Å². The van der Waals surface area contributed by atoms with Gasteiger partial charge in [0.05, 0.1) is 11.9 Å². The third kappa shape index (κ3) is 2.80. The molecular weight excluding hydrogens is 248 g/mol. The Bertz CT molecular complexity index is 625. The van der Waals surface area contributed by atoms with Crippen LogP contribution in [-0.4, -0.2) is 26.8 Å². The Labute approximate surface area is 107 Å². The number of carbonyl (C=O) groups is 2. The van der Waals surface area contributed by atoms with E-state index in [1.54, 1.807) is 0 Å². The molecule has 8 heteroatoms. The van der Waals surface area contributed by atoms with E-state index in [0.717, 1.165) is 0 Å². The molecule has 0 spiro atoms. The lowest BCUT2D eigenvalue weighted by Crippen LogP contribution is -2.17. The molecular formula is C11H10N6O2. The minimum atomic E-state index is -0.643. The zero-order chi connectivity index (χ0) is 13.8. The van der Waals surface area contributed by atoms with Gasteiger partial charge in [0.1, 0.15) is 5.69 Å². The number of carbonyl (C=O) groups excluding carboxylic acids is 2. The molecule has 0 aromatic carbocycles. The van der Waals surface area contributed by atoms with Gasteiger partial charge < -0.3 is 16.8 Å². The van der Waals surface area contributed by atoms with Gasteiger partial charge in [0.2, 0.25) is 0 Å². The molecule has 2 amide bonds. The predicted octanol–water partition coefficient (Wildman–Crippen LogP) is -0.195. The number of nitrogen functional groups attached to an aromatic ring is 1. The van der Waals surface area contributed by atoms with Crippen molar-refractivity contribution in [1.29, 1.82) is 0 Å². The van der Waals surface area contributed by atoms with Crippen molar-refractivity contribution < 1.29 is 9.59 Å². The summed E-state index contributed by atoms with van der Waals surface area (Å²) < 4.78 is 0. The monoisotopic (exact) mass is 258 g/mol. The first-order chi connectivity index (χ1) is 9.08. The highest BCUT2D eigenvalue weighted by molar-refractivity contribution is 6.05. The molecule has 5 N–H and O–H groups in total. The fraction of sp³-hybridized carbons (Fsp3) is 0. The van der Waals surface area contributed by atoms with E-state index < -0.39 is 11.8 Å². The summed E-state index contributed by atoms with van der Waals surface area (Å²) in [6.07, 6.45) is 4.06. The number of aromatic nitrogens is 3. The van der Waals surface area contributed by atoms with E-state index in [9.17, 15) is 9.59 Å². The fourth-order valence-electron chi connectivity index (χ4n) is 1.33. The van der Waals surface area contributed by atoms with Crippen molar-refractivity contribution >= 4 is 23.3 Å². The summed E-state index contributed by atoms with van der Waals surface area (Å²) in [6.45, 7) is 0. The largest absolute Gasteiger partial charge is 0.382 e. The minimum Gasteiger partial charge on any atom is -0.382 e. The summed E-state index contributed by atoms with van der Waals surface area (Å²) in [5.74, 6) is -1.13. The van der Waals surface area contributed by atoms with Gasteiger partial charge in [-0.05, 0) is 12.1 Å². The van der Waals surface area contributed by atoms with Gasteiger partial charge in [-0.1, -0.05) is 0 Å². The maximum absolute atomic E-state index is 11.8.